The largest absolute Gasteiger partial charge is 0.455 e. The molecule has 1 heterocycles. The highest BCUT2D eigenvalue weighted by molar-refractivity contribution is 7.89. The number of benzene rings is 2. The van der Waals surface area contributed by atoms with Crippen LogP contribution in [0.1, 0.15) is 42.6 Å². The number of nitrogens with zero attached hydrogens (tertiary/aromatic N) is 1. The van der Waals surface area contributed by atoms with Gasteiger partial charge in [0, 0.05) is 11.1 Å². The van der Waals surface area contributed by atoms with Gasteiger partial charge < -0.3 is 9.15 Å². The molecule has 0 spiro atoms. The van der Waals surface area contributed by atoms with Gasteiger partial charge in [-0.25, -0.2) is 22.9 Å². The van der Waals surface area contributed by atoms with Gasteiger partial charge in [-0.2, -0.15) is 0 Å². The van der Waals surface area contributed by atoms with E-state index in [1.165, 1.54) is 24.3 Å². The SMILES string of the molecule is Cc1oc(-c2ccccc2)nc1COC(=O)c1ccc(S(=O)(=O)NC(C)(C)C)cc1. The minimum Gasteiger partial charge on any atom is -0.455 e. The molecule has 0 fully saturated rings. The molecule has 0 aliphatic rings. The lowest BCUT2D eigenvalue weighted by Gasteiger charge is -2.20. The second-order valence-electron chi connectivity index (χ2n) is 7.84. The third kappa shape index (κ3) is 5.34. The Labute approximate surface area is 176 Å². The van der Waals surface area contributed by atoms with E-state index >= 15 is 0 Å². The van der Waals surface area contributed by atoms with Crippen LogP contribution < -0.4 is 4.72 Å². The Kier molecular flexibility index (Phi) is 6.09. The molecule has 158 valence electrons. The molecule has 7 nitrogen and oxygen atoms in total. The van der Waals surface area contributed by atoms with Crippen molar-refractivity contribution in [3.8, 4) is 11.5 Å². The first-order valence-corrected chi connectivity index (χ1v) is 10.9. The maximum Gasteiger partial charge on any atom is 0.338 e. The molecule has 8 heteroatoms. The zero-order chi connectivity index (χ0) is 21.9. The van der Waals surface area contributed by atoms with Crippen LogP contribution in [0.5, 0.6) is 0 Å². The van der Waals surface area contributed by atoms with Crippen molar-refractivity contribution < 1.29 is 22.4 Å². The highest BCUT2D eigenvalue weighted by Gasteiger charge is 2.22. The average Bonchev–Trinajstić information content (AvgIpc) is 3.06. The standard InChI is InChI=1S/C22H24N2O5S/c1-15-19(23-20(29-15)16-8-6-5-7-9-16)14-28-21(25)17-10-12-18(13-11-17)30(26,27)24-22(2,3)4/h5-13,24H,14H2,1-4H3. The van der Waals surface area contributed by atoms with Crippen LogP contribution in [0.15, 0.2) is 63.9 Å². The average molecular weight is 429 g/mol. The molecule has 3 rings (SSSR count). The predicted octanol–water partition coefficient (Wildman–Crippen LogP) is 4.08. The van der Waals surface area contributed by atoms with Gasteiger partial charge >= 0.3 is 5.97 Å². The molecule has 2 aromatic carbocycles. The number of aromatic nitrogens is 1. The molecule has 0 radical (unpaired) electrons. The van der Waals surface area contributed by atoms with Crippen LogP contribution in [-0.2, 0) is 21.4 Å². The van der Waals surface area contributed by atoms with Gasteiger partial charge in [0.15, 0.2) is 0 Å². The number of carbonyl (C=O) groups is 1. The lowest BCUT2D eigenvalue weighted by Crippen LogP contribution is -2.40. The summed E-state index contributed by atoms with van der Waals surface area (Å²) >= 11 is 0. The van der Waals surface area contributed by atoms with E-state index in [9.17, 15) is 13.2 Å². The zero-order valence-electron chi connectivity index (χ0n) is 17.3. The first kappa shape index (κ1) is 21.7. The molecule has 0 aliphatic heterocycles. The van der Waals surface area contributed by atoms with Gasteiger partial charge in [0.1, 0.15) is 18.1 Å². The number of nitrogens with one attached hydrogen (secondary N) is 1. The third-order valence-electron chi connectivity index (χ3n) is 4.09. The summed E-state index contributed by atoms with van der Waals surface area (Å²) in [5, 5.41) is 0. The van der Waals surface area contributed by atoms with Gasteiger partial charge in [0.05, 0.1) is 10.5 Å². The Morgan fingerprint density at radius 1 is 1.07 bits per heavy atom. The van der Waals surface area contributed by atoms with Crippen LogP contribution in [0.3, 0.4) is 0 Å². The smallest absolute Gasteiger partial charge is 0.338 e. The number of oxazole rings is 1. The fraction of sp³-hybridized carbons (Fsp3) is 0.273. The van der Waals surface area contributed by atoms with Crippen molar-refractivity contribution in [3.05, 3.63) is 71.6 Å². The molecule has 1 aromatic heterocycles. The van der Waals surface area contributed by atoms with E-state index < -0.39 is 21.5 Å². The molecular weight excluding hydrogens is 404 g/mol. The summed E-state index contributed by atoms with van der Waals surface area (Å²) in [4.78, 5) is 16.8. The quantitative estimate of drug-likeness (QED) is 0.594. The van der Waals surface area contributed by atoms with Gasteiger partial charge in [-0.05, 0) is 64.1 Å². The van der Waals surface area contributed by atoms with E-state index in [4.69, 9.17) is 9.15 Å². The van der Waals surface area contributed by atoms with Crippen LogP contribution in [0, 0.1) is 6.92 Å². The molecule has 0 atom stereocenters. The number of ether oxygens (including phenoxy) is 1. The van der Waals surface area contributed by atoms with Crippen LogP contribution in [0.2, 0.25) is 0 Å². The van der Waals surface area contributed by atoms with Crippen molar-refractivity contribution in [1.29, 1.82) is 0 Å². The van der Waals surface area contributed by atoms with E-state index in [-0.39, 0.29) is 17.1 Å². The topological polar surface area (TPSA) is 98.5 Å². The van der Waals surface area contributed by atoms with E-state index in [2.05, 4.69) is 9.71 Å². The fourth-order valence-corrected chi connectivity index (χ4v) is 4.13. The van der Waals surface area contributed by atoms with Crippen molar-refractivity contribution in [2.45, 2.75) is 44.7 Å². The van der Waals surface area contributed by atoms with E-state index in [0.717, 1.165) is 5.56 Å². The van der Waals surface area contributed by atoms with Crippen molar-refractivity contribution >= 4 is 16.0 Å². The van der Waals surface area contributed by atoms with Gasteiger partial charge in [0.25, 0.3) is 0 Å². The normalized spacial score (nSPS) is 12.0. The minimum absolute atomic E-state index is 0.0490. The second-order valence-corrected chi connectivity index (χ2v) is 9.53. The number of esters is 1. The molecule has 0 saturated heterocycles. The van der Waals surface area contributed by atoms with Crippen LogP contribution in [0.4, 0.5) is 0 Å². The Morgan fingerprint density at radius 2 is 1.70 bits per heavy atom. The van der Waals surface area contributed by atoms with Crippen molar-refractivity contribution in [2.24, 2.45) is 0 Å². The summed E-state index contributed by atoms with van der Waals surface area (Å²) in [5.74, 6) is 0.447. The van der Waals surface area contributed by atoms with Gasteiger partial charge in [-0.3, -0.25) is 0 Å². The monoisotopic (exact) mass is 428 g/mol. The fourth-order valence-electron chi connectivity index (χ4n) is 2.72. The van der Waals surface area contributed by atoms with Crippen molar-refractivity contribution in [1.82, 2.24) is 9.71 Å². The Bertz CT molecular complexity index is 1130. The lowest BCUT2D eigenvalue weighted by molar-refractivity contribution is 0.0467. The van der Waals surface area contributed by atoms with Crippen molar-refractivity contribution in [2.75, 3.05) is 0 Å². The molecule has 3 aromatic rings. The third-order valence-corrected chi connectivity index (χ3v) is 5.87. The zero-order valence-corrected chi connectivity index (χ0v) is 18.1. The van der Waals surface area contributed by atoms with Crippen LogP contribution >= 0.6 is 0 Å². The molecule has 0 aliphatic carbocycles. The first-order valence-electron chi connectivity index (χ1n) is 9.38. The number of carbonyl (C=O) groups excluding carboxylic acids is 1. The highest BCUT2D eigenvalue weighted by atomic mass is 32.2. The predicted molar refractivity (Wildman–Crippen MR) is 112 cm³/mol. The van der Waals surface area contributed by atoms with E-state index in [1.54, 1.807) is 27.7 Å². The van der Waals surface area contributed by atoms with Gasteiger partial charge in [-0.1, -0.05) is 18.2 Å². The number of hydrogen-bond donors (Lipinski definition) is 1. The Hall–Kier alpha value is -2.97. The number of hydrogen-bond acceptors (Lipinski definition) is 6. The highest BCUT2D eigenvalue weighted by Crippen LogP contribution is 2.22. The first-order chi connectivity index (χ1) is 14.0. The van der Waals surface area contributed by atoms with Gasteiger partial charge in [0.2, 0.25) is 15.9 Å². The number of rotatable bonds is 6. The molecule has 1 N–H and O–H groups in total. The summed E-state index contributed by atoms with van der Waals surface area (Å²) in [6.07, 6.45) is 0. The molecule has 0 saturated carbocycles. The van der Waals surface area contributed by atoms with Crippen LogP contribution in [-0.4, -0.2) is 24.9 Å². The molecule has 0 bridgehead atoms. The maximum absolute atomic E-state index is 12.4. The Morgan fingerprint density at radius 3 is 2.30 bits per heavy atom. The minimum atomic E-state index is -3.67. The summed E-state index contributed by atoms with van der Waals surface area (Å²) in [6, 6.07) is 15.0. The second kappa shape index (κ2) is 8.41. The molecule has 0 unspecified atom stereocenters. The summed E-state index contributed by atoms with van der Waals surface area (Å²) < 4.78 is 38.2. The Balaban J connectivity index is 1.67. The lowest BCUT2D eigenvalue weighted by atomic mass is 10.1. The maximum atomic E-state index is 12.4. The van der Waals surface area contributed by atoms with E-state index in [1.807, 2.05) is 30.3 Å². The molecule has 30 heavy (non-hydrogen) atoms. The number of sulfonamides is 1. The van der Waals surface area contributed by atoms with Crippen molar-refractivity contribution in [3.63, 3.8) is 0 Å². The van der Waals surface area contributed by atoms with Gasteiger partial charge in [-0.15, -0.1) is 0 Å². The summed E-state index contributed by atoms with van der Waals surface area (Å²) in [7, 11) is -3.67. The van der Waals surface area contributed by atoms with E-state index in [0.29, 0.717) is 17.3 Å². The molecule has 0 amide bonds. The summed E-state index contributed by atoms with van der Waals surface area (Å²) in [5.41, 5.74) is 0.994. The molecular formula is C22H24N2O5S. The summed E-state index contributed by atoms with van der Waals surface area (Å²) in [6.45, 7) is 6.97. The number of aryl methyl sites for hydroxylation is 1. The van der Waals surface area contributed by atoms with Crippen LogP contribution in [0.25, 0.3) is 11.5 Å².